The third kappa shape index (κ3) is 3.39. The van der Waals surface area contributed by atoms with Gasteiger partial charge in [-0.05, 0) is 49.3 Å². The number of nitrogens with two attached hydrogens (primary N) is 1. The number of halogens is 1. The Morgan fingerprint density at radius 3 is 2.87 bits per heavy atom. The third-order valence-corrected chi connectivity index (χ3v) is 4.62. The first-order chi connectivity index (χ1) is 11.1. The van der Waals surface area contributed by atoms with Gasteiger partial charge in [0.25, 0.3) is 5.91 Å². The zero-order chi connectivity index (χ0) is 16.4. The molecule has 3 rings (SSSR count). The van der Waals surface area contributed by atoms with Crippen molar-refractivity contribution in [3.8, 4) is 0 Å². The van der Waals surface area contributed by atoms with Crippen molar-refractivity contribution in [3.05, 3.63) is 28.4 Å². The molecule has 2 aromatic rings. The number of carbonyl (C=O) groups excluding carboxylic acids is 1. The maximum absolute atomic E-state index is 12.2. The van der Waals surface area contributed by atoms with Crippen molar-refractivity contribution in [3.63, 3.8) is 0 Å². The number of carbonyl (C=O) groups is 1. The number of unbranched alkanes of at least 4 members (excludes halogenated alkanes) is 1. The normalized spacial score (nSPS) is 14.2. The molecule has 1 heterocycles. The van der Waals surface area contributed by atoms with Crippen LogP contribution in [0, 0.1) is 5.92 Å². The number of nitrogens with one attached hydrogen (secondary N) is 1. The summed E-state index contributed by atoms with van der Waals surface area (Å²) in [6.45, 7) is 2.81. The number of nitrogens with zero attached hydrogens (tertiary/aromatic N) is 2. The van der Waals surface area contributed by atoms with Crippen LogP contribution < -0.4 is 11.1 Å². The molecule has 0 spiro atoms. The summed E-state index contributed by atoms with van der Waals surface area (Å²) in [4.78, 5) is 12.2. The lowest BCUT2D eigenvalue weighted by Crippen LogP contribution is -2.27. The van der Waals surface area contributed by atoms with Gasteiger partial charge >= 0.3 is 0 Å². The maximum Gasteiger partial charge on any atom is 0.273 e. The molecule has 0 unspecified atom stereocenters. The highest BCUT2D eigenvalue weighted by molar-refractivity contribution is 6.32. The van der Waals surface area contributed by atoms with Crippen molar-refractivity contribution in [1.82, 2.24) is 15.5 Å². The minimum atomic E-state index is -0.256. The van der Waals surface area contributed by atoms with Gasteiger partial charge in [0.2, 0.25) is 0 Å². The van der Waals surface area contributed by atoms with Crippen molar-refractivity contribution in [2.75, 3.05) is 12.3 Å². The second-order valence-electron chi connectivity index (χ2n) is 6.14. The van der Waals surface area contributed by atoms with E-state index in [2.05, 4.69) is 22.4 Å². The van der Waals surface area contributed by atoms with Crippen LogP contribution in [0.25, 0.3) is 10.9 Å². The topological polar surface area (TPSA) is 80.9 Å². The zero-order valence-corrected chi connectivity index (χ0v) is 14.0. The Bertz CT molecular complexity index is 743. The van der Waals surface area contributed by atoms with Gasteiger partial charge in [0, 0.05) is 17.0 Å². The second-order valence-corrected chi connectivity index (χ2v) is 6.55. The van der Waals surface area contributed by atoms with Crippen LogP contribution in [0.3, 0.4) is 0 Å². The molecule has 0 radical (unpaired) electrons. The maximum atomic E-state index is 12.2. The molecule has 0 aliphatic heterocycles. The predicted octanol–water partition coefficient (Wildman–Crippen LogP) is 3.35. The van der Waals surface area contributed by atoms with Gasteiger partial charge in [-0.2, -0.15) is 0 Å². The number of aryl methyl sites for hydroxylation is 1. The van der Waals surface area contributed by atoms with Crippen molar-refractivity contribution < 1.29 is 4.79 Å². The predicted molar refractivity (Wildman–Crippen MR) is 92.6 cm³/mol. The molecule has 1 aliphatic carbocycles. The van der Waals surface area contributed by atoms with E-state index in [4.69, 9.17) is 17.3 Å². The van der Waals surface area contributed by atoms with Crippen LogP contribution in [0.2, 0.25) is 5.02 Å². The molecule has 1 saturated carbocycles. The molecule has 1 fully saturated rings. The molecule has 0 atom stereocenters. The summed E-state index contributed by atoms with van der Waals surface area (Å²) in [6.07, 6.45) is 5.27. The monoisotopic (exact) mass is 332 g/mol. The third-order valence-electron chi connectivity index (χ3n) is 4.26. The molecule has 1 aromatic carbocycles. The van der Waals surface area contributed by atoms with Gasteiger partial charge in [-0.1, -0.05) is 24.9 Å². The summed E-state index contributed by atoms with van der Waals surface area (Å²) in [5.74, 6) is 0.349. The van der Waals surface area contributed by atoms with Crippen LogP contribution in [0.5, 0.6) is 0 Å². The van der Waals surface area contributed by atoms with Gasteiger partial charge in [-0.15, -0.1) is 10.2 Å². The van der Waals surface area contributed by atoms with Gasteiger partial charge in [-0.3, -0.25) is 4.79 Å². The summed E-state index contributed by atoms with van der Waals surface area (Å²) >= 11 is 6.30. The first-order valence-corrected chi connectivity index (χ1v) is 8.51. The van der Waals surface area contributed by atoms with Crippen LogP contribution in [-0.2, 0) is 6.42 Å². The van der Waals surface area contributed by atoms with Crippen molar-refractivity contribution in [1.29, 1.82) is 0 Å². The Hall–Kier alpha value is -1.88. The average Bonchev–Trinajstić information content (AvgIpc) is 3.36. The number of hydrogen-bond donors (Lipinski definition) is 2. The van der Waals surface area contributed by atoms with Crippen LogP contribution >= 0.6 is 11.6 Å². The molecule has 122 valence electrons. The van der Waals surface area contributed by atoms with Gasteiger partial charge < -0.3 is 11.1 Å². The highest BCUT2D eigenvalue weighted by Crippen LogP contribution is 2.31. The standard InChI is InChI=1S/C17H21ClN4O/c1-2-3-4-11-13(18)8-7-12-14(19)16(22-21-15(11)12)17(23)20-9-10-5-6-10/h7-8,10H,2-6,9H2,1H3,(H2,19,21)(H,20,23). The molecular weight excluding hydrogens is 312 g/mol. The first kappa shape index (κ1) is 16.0. The number of nitrogen functional groups attached to an aromatic ring is 1. The van der Waals surface area contributed by atoms with E-state index in [9.17, 15) is 4.79 Å². The molecule has 1 amide bonds. The van der Waals surface area contributed by atoms with Gasteiger partial charge in [0.1, 0.15) is 0 Å². The highest BCUT2D eigenvalue weighted by atomic mass is 35.5. The van der Waals surface area contributed by atoms with Gasteiger partial charge in [0.15, 0.2) is 5.69 Å². The summed E-state index contributed by atoms with van der Waals surface area (Å²) < 4.78 is 0. The number of rotatable bonds is 6. The molecule has 1 aromatic heterocycles. The number of hydrogen-bond acceptors (Lipinski definition) is 4. The SMILES string of the molecule is CCCCc1c(Cl)ccc2c(N)c(C(=O)NCC3CC3)nnc12. The quantitative estimate of drug-likeness (QED) is 0.850. The van der Waals surface area contributed by atoms with Crippen LogP contribution in [0.1, 0.15) is 48.7 Å². The molecule has 23 heavy (non-hydrogen) atoms. The molecule has 5 nitrogen and oxygen atoms in total. The number of anilines is 1. The van der Waals surface area contributed by atoms with E-state index in [-0.39, 0.29) is 11.6 Å². The molecule has 3 N–H and O–H groups in total. The van der Waals surface area contributed by atoms with Crippen LogP contribution in [0.4, 0.5) is 5.69 Å². The van der Waals surface area contributed by atoms with E-state index in [0.29, 0.717) is 28.7 Å². The minimum absolute atomic E-state index is 0.196. The van der Waals surface area contributed by atoms with E-state index < -0.39 is 0 Å². The fraction of sp³-hybridized carbons (Fsp3) is 0.471. The van der Waals surface area contributed by atoms with Gasteiger partial charge in [0.05, 0.1) is 11.2 Å². The zero-order valence-electron chi connectivity index (χ0n) is 13.2. The van der Waals surface area contributed by atoms with E-state index in [1.165, 1.54) is 12.8 Å². The summed E-state index contributed by atoms with van der Waals surface area (Å²) in [7, 11) is 0. The second kappa shape index (κ2) is 6.71. The summed E-state index contributed by atoms with van der Waals surface area (Å²) in [5, 5.41) is 12.6. The Balaban J connectivity index is 1.94. The fourth-order valence-corrected chi connectivity index (χ4v) is 2.87. The fourth-order valence-electron chi connectivity index (χ4n) is 2.63. The minimum Gasteiger partial charge on any atom is -0.396 e. The van der Waals surface area contributed by atoms with E-state index in [0.717, 1.165) is 30.2 Å². The Kier molecular flexibility index (Phi) is 4.66. The van der Waals surface area contributed by atoms with Crippen LogP contribution in [-0.4, -0.2) is 22.6 Å². The first-order valence-electron chi connectivity index (χ1n) is 8.13. The van der Waals surface area contributed by atoms with Crippen molar-refractivity contribution in [2.45, 2.75) is 39.0 Å². The Morgan fingerprint density at radius 2 is 2.17 bits per heavy atom. The van der Waals surface area contributed by atoms with Gasteiger partial charge in [-0.25, -0.2) is 0 Å². The largest absolute Gasteiger partial charge is 0.396 e. The lowest BCUT2D eigenvalue weighted by molar-refractivity contribution is 0.0947. The number of aromatic nitrogens is 2. The molecule has 6 heteroatoms. The molecule has 0 bridgehead atoms. The van der Waals surface area contributed by atoms with Crippen LogP contribution in [0.15, 0.2) is 12.1 Å². The number of fused-ring (bicyclic) bond motifs is 1. The Morgan fingerprint density at radius 1 is 1.39 bits per heavy atom. The average molecular weight is 333 g/mol. The van der Waals surface area contributed by atoms with E-state index in [1.54, 1.807) is 0 Å². The van der Waals surface area contributed by atoms with E-state index >= 15 is 0 Å². The molecular formula is C17H21ClN4O. The summed E-state index contributed by atoms with van der Waals surface area (Å²) in [6, 6.07) is 3.63. The Labute approximate surface area is 140 Å². The number of benzene rings is 1. The van der Waals surface area contributed by atoms with E-state index in [1.807, 2.05) is 12.1 Å². The summed E-state index contributed by atoms with van der Waals surface area (Å²) in [5.41, 5.74) is 8.40. The van der Waals surface area contributed by atoms with Crippen molar-refractivity contribution >= 4 is 34.1 Å². The number of amides is 1. The molecule has 0 saturated heterocycles. The lowest BCUT2D eigenvalue weighted by Gasteiger charge is -2.11. The lowest BCUT2D eigenvalue weighted by atomic mass is 10.0. The van der Waals surface area contributed by atoms with Crippen molar-refractivity contribution in [2.24, 2.45) is 5.92 Å². The highest BCUT2D eigenvalue weighted by Gasteiger charge is 2.23. The smallest absolute Gasteiger partial charge is 0.273 e. The molecule has 1 aliphatic rings.